The maximum Gasteiger partial charge on any atom is 0.164 e. The van der Waals surface area contributed by atoms with E-state index >= 15 is 0 Å². The standard InChI is InChI=1S/C18H29NO.ClH/c1-4-5-6-7-8-9-16-10-12-17(13-11-16)18(20)14-15-19(2)3;/h10-13H,4-9,14-15H2,1-3H3;1H. The Kier molecular flexibility index (Phi) is 11.3. The molecule has 0 amide bonds. The average Bonchev–Trinajstić information content (AvgIpc) is 2.45. The van der Waals surface area contributed by atoms with Crippen molar-refractivity contribution in [1.29, 1.82) is 0 Å². The molecule has 0 heterocycles. The van der Waals surface area contributed by atoms with E-state index in [4.69, 9.17) is 0 Å². The van der Waals surface area contributed by atoms with Gasteiger partial charge in [0, 0.05) is 18.5 Å². The number of halogens is 1. The molecule has 0 atom stereocenters. The second-order valence-corrected chi connectivity index (χ2v) is 5.84. The van der Waals surface area contributed by atoms with Gasteiger partial charge in [-0.05, 0) is 32.5 Å². The molecule has 0 aliphatic rings. The van der Waals surface area contributed by atoms with Crippen LogP contribution in [-0.2, 0) is 6.42 Å². The molecule has 0 N–H and O–H groups in total. The van der Waals surface area contributed by atoms with E-state index in [1.807, 2.05) is 31.1 Å². The summed E-state index contributed by atoms with van der Waals surface area (Å²) in [6.07, 6.45) is 8.30. The number of ketones is 1. The van der Waals surface area contributed by atoms with E-state index in [1.165, 1.54) is 37.7 Å². The predicted octanol–water partition coefficient (Wildman–Crippen LogP) is 4.76. The highest BCUT2D eigenvalue weighted by atomic mass is 35.5. The van der Waals surface area contributed by atoms with Crippen LogP contribution in [0.1, 0.15) is 61.4 Å². The number of Topliss-reactive ketones (excluding diaryl/α,β-unsaturated/α-hetero) is 1. The number of carbonyl (C=O) groups is 1. The van der Waals surface area contributed by atoms with E-state index in [9.17, 15) is 4.79 Å². The fourth-order valence-corrected chi connectivity index (χ4v) is 2.26. The molecule has 0 radical (unpaired) electrons. The summed E-state index contributed by atoms with van der Waals surface area (Å²) in [6, 6.07) is 8.20. The lowest BCUT2D eigenvalue weighted by Crippen LogP contribution is -2.16. The summed E-state index contributed by atoms with van der Waals surface area (Å²) in [4.78, 5) is 14.0. The van der Waals surface area contributed by atoms with Gasteiger partial charge in [0.1, 0.15) is 0 Å². The fraction of sp³-hybridized carbons (Fsp3) is 0.611. The number of hydrogen-bond donors (Lipinski definition) is 0. The van der Waals surface area contributed by atoms with E-state index in [1.54, 1.807) is 0 Å². The molecule has 3 heteroatoms. The van der Waals surface area contributed by atoms with Crippen LogP contribution in [0.2, 0.25) is 0 Å². The Labute approximate surface area is 136 Å². The van der Waals surface area contributed by atoms with E-state index < -0.39 is 0 Å². The highest BCUT2D eigenvalue weighted by Gasteiger charge is 2.06. The summed E-state index contributed by atoms with van der Waals surface area (Å²) in [5.74, 6) is 0.244. The Morgan fingerprint density at radius 2 is 1.62 bits per heavy atom. The molecule has 0 saturated heterocycles. The maximum atomic E-state index is 12.0. The number of carbonyl (C=O) groups excluding carboxylic acids is 1. The second kappa shape index (κ2) is 11.8. The van der Waals surface area contributed by atoms with Crippen molar-refractivity contribution in [3.8, 4) is 0 Å². The van der Waals surface area contributed by atoms with Gasteiger partial charge in [0.05, 0.1) is 0 Å². The van der Waals surface area contributed by atoms with Crippen molar-refractivity contribution in [1.82, 2.24) is 4.90 Å². The molecule has 21 heavy (non-hydrogen) atoms. The molecule has 0 aliphatic heterocycles. The summed E-state index contributed by atoms with van der Waals surface area (Å²) < 4.78 is 0. The van der Waals surface area contributed by atoms with Crippen molar-refractivity contribution >= 4 is 18.2 Å². The fourth-order valence-electron chi connectivity index (χ4n) is 2.26. The van der Waals surface area contributed by atoms with Crippen molar-refractivity contribution in [3.05, 3.63) is 35.4 Å². The first kappa shape index (κ1) is 20.1. The molecule has 0 bridgehead atoms. The predicted molar refractivity (Wildman–Crippen MR) is 93.7 cm³/mol. The van der Waals surface area contributed by atoms with Crippen molar-refractivity contribution in [3.63, 3.8) is 0 Å². The van der Waals surface area contributed by atoms with E-state index in [-0.39, 0.29) is 18.2 Å². The molecule has 2 nitrogen and oxygen atoms in total. The Balaban J connectivity index is 0.00000400. The lowest BCUT2D eigenvalue weighted by Gasteiger charge is -2.08. The highest BCUT2D eigenvalue weighted by molar-refractivity contribution is 5.96. The van der Waals surface area contributed by atoms with Gasteiger partial charge in [-0.3, -0.25) is 4.79 Å². The molecular weight excluding hydrogens is 282 g/mol. The third kappa shape index (κ3) is 8.90. The zero-order chi connectivity index (χ0) is 14.8. The summed E-state index contributed by atoms with van der Waals surface area (Å²) in [5.41, 5.74) is 2.20. The molecule has 120 valence electrons. The topological polar surface area (TPSA) is 20.3 Å². The smallest absolute Gasteiger partial charge is 0.164 e. The van der Waals surface area contributed by atoms with Crippen LogP contribution in [0.3, 0.4) is 0 Å². The summed E-state index contributed by atoms with van der Waals surface area (Å²) in [7, 11) is 3.99. The van der Waals surface area contributed by atoms with Crippen LogP contribution in [0.4, 0.5) is 0 Å². The van der Waals surface area contributed by atoms with Gasteiger partial charge in [-0.15, -0.1) is 12.4 Å². The molecule has 0 unspecified atom stereocenters. The zero-order valence-corrected chi connectivity index (χ0v) is 14.5. The Bertz CT molecular complexity index is 387. The van der Waals surface area contributed by atoms with Crippen LogP contribution < -0.4 is 0 Å². The summed E-state index contributed by atoms with van der Waals surface area (Å²) in [5, 5.41) is 0. The minimum absolute atomic E-state index is 0. The second-order valence-electron chi connectivity index (χ2n) is 5.84. The Hall–Kier alpha value is -0.860. The maximum absolute atomic E-state index is 12.0. The first-order valence-corrected chi connectivity index (χ1v) is 7.90. The van der Waals surface area contributed by atoms with Gasteiger partial charge in [0.25, 0.3) is 0 Å². The number of benzene rings is 1. The number of aryl methyl sites for hydroxylation is 1. The molecule has 0 fully saturated rings. The van der Waals surface area contributed by atoms with Crippen LogP contribution >= 0.6 is 12.4 Å². The van der Waals surface area contributed by atoms with Crippen LogP contribution in [0.15, 0.2) is 24.3 Å². The van der Waals surface area contributed by atoms with Gasteiger partial charge in [-0.1, -0.05) is 56.9 Å². The van der Waals surface area contributed by atoms with Gasteiger partial charge in [0.15, 0.2) is 5.78 Å². The summed E-state index contributed by atoms with van der Waals surface area (Å²) >= 11 is 0. The van der Waals surface area contributed by atoms with Gasteiger partial charge in [0.2, 0.25) is 0 Å². The minimum atomic E-state index is 0. The molecule has 1 aromatic rings. The van der Waals surface area contributed by atoms with Crippen LogP contribution in [-0.4, -0.2) is 31.3 Å². The number of rotatable bonds is 10. The first-order chi connectivity index (χ1) is 9.63. The van der Waals surface area contributed by atoms with Gasteiger partial charge in [-0.2, -0.15) is 0 Å². The van der Waals surface area contributed by atoms with E-state index in [0.717, 1.165) is 18.5 Å². The van der Waals surface area contributed by atoms with E-state index in [0.29, 0.717) is 6.42 Å². The lowest BCUT2D eigenvalue weighted by atomic mass is 10.0. The summed E-state index contributed by atoms with van der Waals surface area (Å²) in [6.45, 7) is 3.06. The van der Waals surface area contributed by atoms with Gasteiger partial charge in [-0.25, -0.2) is 0 Å². The third-order valence-corrected chi connectivity index (χ3v) is 3.63. The monoisotopic (exact) mass is 311 g/mol. The molecule has 0 spiro atoms. The molecule has 0 aromatic heterocycles. The van der Waals surface area contributed by atoms with Gasteiger partial charge >= 0.3 is 0 Å². The van der Waals surface area contributed by atoms with Crippen molar-refractivity contribution in [2.24, 2.45) is 0 Å². The molecule has 1 rings (SSSR count). The average molecular weight is 312 g/mol. The van der Waals surface area contributed by atoms with Crippen LogP contribution in [0.25, 0.3) is 0 Å². The molecular formula is C18H30ClNO. The first-order valence-electron chi connectivity index (χ1n) is 7.90. The SMILES string of the molecule is CCCCCCCc1ccc(C(=O)CCN(C)C)cc1.Cl. The number of nitrogens with zero attached hydrogens (tertiary/aromatic N) is 1. The van der Waals surface area contributed by atoms with E-state index in [2.05, 4.69) is 19.1 Å². The van der Waals surface area contributed by atoms with Crippen LogP contribution in [0, 0.1) is 0 Å². The lowest BCUT2D eigenvalue weighted by molar-refractivity contribution is 0.0972. The Morgan fingerprint density at radius 3 is 2.19 bits per heavy atom. The highest BCUT2D eigenvalue weighted by Crippen LogP contribution is 2.11. The van der Waals surface area contributed by atoms with Crippen molar-refractivity contribution in [2.45, 2.75) is 51.9 Å². The number of unbranched alkanes of at least 4 members (excludes halogenated alkanes) is 4. The number of hydrogen-bond acceptors (Lipinski definition) is 2. The molecule has 0 saturated carbocycles. The van der Waals surface area contributed by atoms with Crippen molar-refractivity contribution in [2.75, 3.05) is 20.6 Å². The van der Waals surface area contributed by atoms with Crippen LogP contribution in [0.5, 0.6) is 0 Å². The molecule has 1 aromatic carbocycles. The minimum Gasteiger partial charge on any atom is -0.309 e. The molecule has 0 aliphatic carbocycles. The normalized spacial score (nSPS) is 10.5. The third-order valence-electron chi connectivity index (χ3n) is 3.63. The van der Waals surface area contributed by atoms with Crippen molar-refractivity contribution < 1.29 is 4.79 Å². The Morgan fingerprint density at radius 1 is 1.00 bits per heavy atom. The van der Waals surface area contributed by atoms with Gasteiger partial charge < -0.3 is 4.90 Å². The largest absolute Gasteiger partial charge is 0.309 e. The quantitative estimate of drug-likeness (QED) is 0.459. The zero-order valence-electron chi connectivity index (χ0n) is 13.7.